The molecular weight excluding hydrogens is 456 g/mol. The van der Waals surface area contributed by atoms with Gasteiger partial charge in [-0.05, 0) is 54.3 Å². The summed E-state index contributed by atoms with van der Waals surface area (Å²) < 4.78 is 6.31. The van der Waals surface area contributed by atoms with Gasteiger partial charge in [-0.25, -0.2) is 4.98 Å². The highest BCUT2D eigenvalue weighted by Gasteiger charge is 2.20. The summed E-state index contributed by atoms with van der Waals surface area (Å²) in [6.07, 6.45) is 2.50. The van der Waals surface area contributed by atoms with Crippen molar-refractivity contribution in [2.24, 2.45) is 0 Å². The summed E-state index contributed by atoms with van der Waals surface area (Å²) in [5.74, 6) is 1.62. The van der Waals surface area contributed by atoms with Gasteiger partial charge in [-0.3, -0.25) is 9.69 Å². The zero-order valence-electron chi connectivity index (χ0n) is 18.0. The highest BCUT2D eigenvalue weighted by Crippen LogP contribution is 2.33. The predicted molar refractivity (Wildman–Crippen MR) is 137 cm³/mol. The minimum absolute atomic E-state index is 0.0824. The molecule has 0 aliphatic carbocycles. The van der Waals surface area contributed by atoms with Crippen molar-refractivity contribution in [3.05, 3.63) is 78.4 Å². The molecule has 4 rings (SSSR count). The third-order valence-corrected chi connectivity index (χ3v) is 7.72. The van der Waals surface area contributed by atoms with E-state index in [1.54, 1.807) is 42.0 Å². The van der Waals surface area contributed by atoms with Gasteiger partial charge >= 0.3 is 0 Å². The molecule has 0 fully saturated rings. The average molecular weight is 481 g/mol. The van der Waals surface area contributed by atoms with Crippen molar-refractivity contribution in [1.82, 2.24) is 4.98 Å². The summed E-state index contributed by atoms with van der Waals surface area (Å²) in [5, 5.41) is 0.751. The maximum absolute atomic E-state index is 13.3. The molecular formula is C25H24N2O2S3. The van der Waals surface area contributed by atoms with Crippen LogP contribution in [0.5, 0.6) is 5.75 Å². The standard InChI is InChI=1S/C25H24N2O2S3/c1-29-19-8-10-20(11-9-19)31-15-14-24(28)27(17-18-6-4-3-5-7-18)25-26-22-13-12-21(30-2)16-23(22)32-25/h3-13,16H,14-15,17H2,1-2H3. The first-order chi connectivity index (χ1) is 15.7. The van der Waals surface area contributed by atoms with Gasteiger partial charge in [-0.1, -0.05) is 41.7 Å². The van der Waals surface area contributed by atoms with E-state index >= 15 is 0 Å². The number of thioether (sulfide) groups is 2. The lowest BCUT2D eigenvalue weighted by Crippen LogP contribution is -2.30. The van der Waals surface area contributed by atoms with Gasteiger partial charge in [0.25, 0.3) is 0 Å². The molecule has 0 radical (unpaired) electrons. The lowest BCUT2D eigenvalue weighted by molar-refractivity contribution is -0.118. The molecule has 0 spiro atoms. The molecule has 0 saturated carbocycles. The lowest BCUT2D eigenvalue weighted by Gasteiger charge is -2.20. The van der Waals surface area contributed by atoms with E-state index in [2.05, 4.69) is 18.4 Å². The van der Waals surface area contributed by atoms with Crippen molar-refractivity contribution >= 4 is 56.1 Å². The number of anilines is 1. The molecule has 0 aliphatic heterocycles. The van der Waals surface area contributed by atoms with E-state index < -0.39 is 0 Å². The van der Waals surface area contributed by atoms with Crippen LogP contribution in [-0.4, -0.2) is 30.0 Å². The minimum atomic E-state index is 0.0824. The summed E-state index contributed by atoms with van der Waals surface area (Å²) in [4.78, 5) is 22.2. The topological polar surface area (TPSA) is 42.4 Å². The molecule has 0 saturated heterocycles. The number of benzene rings is 3. The molecule has 4 aromatic rings. The molecule has 0 bridgehead atoms. The molecule has 32 heavy (non-hydrogen) atoms. The third-order valence-electron chi connectivity index (χ3n) is 4.94. The molecule has 7 heteroatoms. The molecule has 1 amide bonds. The largest absolute Gasteiger partial charge is 0.497 e. The summed E-state index contributed by atoms with van der Waals surface area (Å²) in [6, 6.07) is 24.3. The van der Waals surface area contributed by atoms with E-state index in [1.165, 1.54) is 4.90 Å². The van der Waals surface area contributed by atoms with Crippen molar-refractivity contribution < 1.29 is 9.53 Å². The smallest absolute Gasteiger partial charge is 0.229 e. The molecule has 4 nitrogen and oxygen atoms in total. The Labute approximate surface area is 201 Å². The van der Waals surface area contributed by atoms with E-state index in [-0.39, 0.29) is 5.91 Å². The van der Waals surface area contributed by atoms with Gasteiger partial charge in [0.1, 0.15) is 5.75 Å². The van der Waals surface area contributed by atoms with Gasteiger partial charge < -0.3 is 4.74 Å². The summed E-state index contributed by atoms with van der Waals surface area (Å²) >= 11 is 4.96. The van der Waals surface area contributed by atoms with Gasteiger partial charge in [0.2, 0.25) is 5.91 Å². The van der Waals surface area contributed by atoms with Crippen molar-refractivity contribution in [3.8, 4) is 5.75 Å². The molecule has 1 heterocycles. The van der Waals surface area contributed by atoms with Gasteiger partial charge in [-0.15, -0.1) is 23.5 Å². The fourth-order valence-electron chi connectivity index (χ4n) is 3.23. The summed E-state index contributed by atoms with van der Waals surface area (Å²) in [7, 11) is 1.66. The Morgan fingerprint density at radius 2 is 1.78 bits per heavy atom. The highest BCUT2D eigenvalue weighted by molar-refractivity contribution is 7.99. The van der Waals surface area contributed by atoms with Crippen LogP contribution in [0.25, 0.3) is 10.2 Å². The van der Waals surface area contributed by atoms with Gasteiger partial charge in [-0.2, -0.15) is 0 Å². The molecule has 0 aliphatic rings. The molecule has 0 N–H and O–H groups in total. The van der Waals surface area contributed by atoms with E-state index in [0.29, 0.717) is 18.7 Å². The number of fused-ring (bicyclic) bond motifs is 1. The highest BCUT2D eigenvalue weighted by atomic mass is 32.2. The molecule has 0 atom stereocenters. The first-order valence-electron chi connectivity index (χ1n) is 10.2. The number of methoxy groups -OCH3 is 1. The maximum Gasteiger partial charge on any atom is 0.229 e. The van der Waals surface area contributed by atoms with Crippen LogP contribution in [0, 0.1) is 0 Å². The van der Waals surface area contributed by atoms with Crippen LogP contribution in [0.3, 0.4) is 0 Å². The van der Waals surface area contributed by atoms with Gasteiger partial charge in [0.05, 0.1) is 23.9 Å². The fourth-order valence-corrected chi connectivity index (χ4v) is 5.60. The summed E-state index contributed by atoms with van der Waals surface area (Å²) in [6.45, 7) is 0.516. The van der Waals surface area contributed by atoms with E-state index in [9.17, 15) is 4.79 Å². The fraction of sp³-hybridized carbons (Fsp3) is 0.200. The van der Waals surface area contributed by atoms with Crippen LogP contribution in [0.1, 0.15) is 12.0 Å². The number of rotatable bonds is 9. The number of hydrogen-bond donors (Lipinski definition) is 0. The number of amides is 1. The molecule has 3 aromatic carbocycles. The quantitative estimate of drug-likeness (QED) is 0.248. The Hall–Kier alpha value is -2.48. The number of thiazole rings is 1. The van der Waals surface area contributed by atoms with Crippen LogP contribution in [0.15, 0.2) is 82.6 Å². The normalized spacial score (nSPS) is 10.9. The number of carbonyl (C=O) groups is 1. The van der Waals surface area contributed by atoms with Gasteiger partial charge in [0.15, 0.2) is 5.13 Å². The Bertz CT molecular complexity index is 1180. The first kappa shape index (κ1) is 22.7. The van der Waals surface area contributed by atoms with E-state index in [4.69, 9.17) is 9.72 Å². The number of hydrogen-bond acceptors (Lipinski definition) is 6. The Morgan fingerprint density at radius 3 is 2.50 bits per heavy atom. The van der Waals surface area contributed by atoms with Crippen LogP contribution >= 0.6 is 34.9 Å². The number of ether oxygens (including phenoxy) is 1. The second kappa shape index (κ2) is 10.9. The Morgan fingerprint density at radius 1 is 1.03 bits per heavy atom. The van der Waals surface area contributed by atoms with Crippen LogP contribution < -0.4 is 9.64 Å². The molecule has 164 valence electrons. The predicted octanol–water partition coefficient (Wildman–Crippen LogP) is 6.74. The molecule has 1 aromatic heterocycles. The van der Waals surface area contributed by atoms with Crippen molar-refractivity contribution in [2.75, 3.05) is 24.0 Å². The number of carbonyl (C=O) groups excluding carboxylic acids is 1. The number of nitrogens with zero attached hydrogens (tertiary/aromatic N) is 2. The lowest BCUT2D eigenvalue weighted by atomic mass is 10.2. The van der Waals surface area contributed by atoms with Gasteiger partial charge in [0, 0.05) is 22.0 Å². The zero-order valence-corrected chi connectivity index (χ0v) is 20.4. The minimum Gasteiger partial charge on any atom is -0.497 e. The molecule has 0 unspecified atom stereocenters. The zero-order chi connectivity index (χ0) is 22.3. The second-order valence-corrected chi connectivity index (χ2v) is 10.1. The van der Waals surface area contributed by atoms with E-state index in [1.807, 2.05) is 65.6 Å². The van der Waals surface area contributed by atoms with E-state index in [0.717, 1.165) is 31.6 Å². The third kappa shape index (κ3) is 5.65. The van der Waals surface area contributed by atoms with Crippen LogP contribution in [0.4, 0.5) is 5.13 Å². The monoisotopic (exact) mass is 480 g/mol. The second-order valence-electron chi connectivity index (χ2n) is 7.07. The van der Waals surface area contributed by atoms with Crippen LogP contribution in [0.2, 0.25) is 0 Å². The van der Waals surface area contributed by atoms with Crippen molar-refractivity contribution in [1.29, 1.82) is 0 Å². The van der Waals surface area contributed by atoms with Crippen molar-refractivity contribution in [2.45, 2.75) is 22.8 Å². The Kier molecular flexibility index (Phi) is 7.73. The SMILES string of the molecule is COc1ccc(SCCC(=O)N(Cc2ccccc2)c2nc3ccc(SC)cc3s2)cc1. The summed E-state index contributed by atoms with van der Waals surface area (Å²) in [5.41, 5.74) is 2.02. The maximum atomic E-state index is 13.3. The Balaban J connectivity index is 1.51. The van der Waals surface area contributed by atoms with Crippen LogP contribution in [-0.2, 0) is 11.3 Å². The number of aromatic nitrogens is 1. The van der Waals surface area contributed by atoms with Crippen molar-refractivity contribution in [3.63, 3.8) is 0 Å². The first-order valence-corrected chi connectivity index (χ1v) is 13.2. The average Bonchev–Trinajstić information content (AvgIpc) is 3.26.